The van der Waals surface area contributed by atoms with E-state index in [0.29, 0.717) is 29.4 Å². The van der Waals surface area contributed by atoms with Gasteiger partial charge in [0.25, 0.3) is 5.56 Å². The molecule has 10 heteroatoms. The second-order valence-corrected chi connectivity index (χ2v) is 7.26. The van der Waals surface area contributed by atoms with Gasteiger partial charge in [-0.2, -0.15) is 0 Å². The highest BCUT2D eigenvalue weighted by Crippen LogP contribution is 2.28. The Bertz CT molecular complexity index is 1040. The number of hydrogen-bond donors (Lipinski definition) is 2. The third-order valence-electron chi connectivity index (χ3n) is 4.66. The van der Waals surface area contributed by atoms with E-state index >= 15 is 0 Å². The summed E-state index contributed by atoms with van der Waals surface area (Å²) >= 11 is 1.21. The molecule has 3 aromatic rings. The lowest BCUT2D eigenvalue weighted by Gasteiger charge is -2.36. The molecule has 2 aromatic heterocycles. The molecular formula is C18H20N6O3S. The van der Waals surface area contributed by atoms with Crippen LogP contribution in [0.1, 0.15) is 0 Å². The first-order valence-electron chi connectivity index (χ1n) is 8.87. The monoisotopic (exact) mass is 400 g/mol. The number of carbonyl (C=O) groups is 1. The van der Waals surface area contributed by atoms with Crippen LogP contribution < -0.4 is 15.2 Å². The average Bonchev–Trinajstić information content (AvgIpc) is 3.21. The Morgan fingerprint density at radius 1 is 1.25 bits per heavy atom. The van der Waals surface area contributed by atoms with Crippen LogP contribution in [-0.2, 0) is 4.79 Å². The summed E-state index contributed by atoms with van der Waals surface area (Å²) < 4.78 is 5.43. The number of imidazole rings is 1. The molecule has 4 rings (SSSR count). The van der Waals surface area contributed by atoms with Crippen LogP contribution in [0, 0.1) is 0 Å². The summed E-state index contributed by atoms with van der Waals surface area (Å²) in [6.07, 6.45) is 1.42. The van der Waals surface area contributed by atoms with E-state index in [1.807, 2.05) is 29.2 Å². The number of aromatic amines is 2. The van der Waals surface area contributed by atoms with E-state index in [2.05, 4.69) is 24.8 Å². The molecule has 3 heterocycles. The predicted molar refractivity (Wildman–Crippen MR) is 107 cm³/mol. The topological polar surface area (TPSA) is 107 Å². The number of fused-ring (bicyclic) bond motifs is 1. The number of rotatable bonds is 5. The fourth-order valence-corrected chi connectivity index (χ4v) is 3.96. The van der Waals surface area contributed by atoms with Crippen LogP contribution in [0.5, 0.6) is 5.75 Å². The standard InChI is InChI=1S/C18H20N6O3S/c1-27-13-5-3-2-4-12(13)23-6-8-24(9-7-23)14(25)10-28-18-21-16-15(17(26)22-18)19-11-20-16/h2-5,11H,6-10H2,1H3,(H2,19,20,21,22,26). The molecule has 1 amide bonds. The number of amides is 1. The van der Waals surface area contributed by atoms with Crippen molar-refractivity contribution in [2.75, 3.05) is 43.9 Å². The minimum atomic E-state index is -0.289. The largest absolute Gasteiger partial charge is 0.495 e. The van der Waals surface area contributed by atoms with Gasteiger partial charge in [-0.3, -0.25) is 14.6 Å². The molecule has 0 radical (unpaired) electrons. The lowest BCUT2D eigenvalue weighted by Crippen LogP contribution is -2.49. The van der Waals surface area contributed by atoms with Gasteiger partial charge in [0, 0.05) is 26.2 Å². The molecule has 9 nitrogen and oxygen atoms in total. The molecule has 1 aliphatic heterocycles. The van der Waals surface area contributed by atoms with Crippen LogP contribution in [0.3, 0.4) is 0 Å². The molecule has 1 saturated heterocycles. The van der Waals surface area contributed by atoms with Gasteiger partial charge in [0.05, 0.1) is 24.9 Å². The number of nitrogens with one attached hydrogen (secondary N) is 2. The zero-order chi connectivity index (χ0) is 19.5. The molecule has 1 aromatic carbocycles. The minimum Gasteiger partial charge on any atom is -0.495 e. The van der Waals surface area contributed by atoms with E-state index in [1.54, 1.807) is 7.11 Å². The number of benzene rings is 1. The fourth-order valence-electron chi connectivity index (χ4n) is 3.20. The van der Waals surface area contributed by atoms with Crippen molar-refractivity contribution in [3.05, 3.63) is 40.9 Å². The zero-order valence-electron chi connectivity index (χ0n) is 15.3. The molecule has 1 aliphatic rings. The Morgan fingerprint density at radius 2 is 2.04 bits per heavy atom. The van der Waals surface area contributed by atoms with Crippen LogP contribution in [0.2, 0.25) is 0 Å². The smallest absolute Gasteiger partial charge is 0.277 e. The lowest BCUT2D eigenvalue weighted by molar-refractivity contribution is -0.128. The van der Waals surface area contributed by atoms with Gasteiger partial charge in [-0.25, -0.2) is 9.97 Å². The van der Waals surface area contributed by atoms with E-state index in [9.17, 15) is 9.59 Å². The van der Waals surface area contributed by atoms with Gasteiger partial charge in [0.1, 0.15) is 5.75 Å². The Labute approximate surface area is 165 Å². The van der Waals surface area contributed by atoms with Crippen LogP contribution in [0.15, 0.2) is 40.5 Å². The quantitative estimate of drug-likeness (QED) is 0.488. The average molecular weight is 400 g/mol. The summed E-state index contributed by atoms with van der Waals surface area (Å²) in [6, 6.07) is 7.89. The number of anilines is 1. The van der Waals surface area contributed by atoms with Crippen LogP contribution in [0.4, 0.5) is 5.69 Å². The van der Waals surface area contributed by atoms with Crippen molar-refractivity contribution in [1.82, 2.24) is 24.8 Å². The summed E-state index contributed by atoms with van der Waals surface area (Å²) in [5.41, 5.74) is 1.44. The first-order valence-corrected chi connectivity index (χ1v) is 9.86. The third-order valence-corrected chi connectivity index (χ3v) is 5.52. The van der Waals surface area contributed by atoms with E-state index in [4.69, 9.17) is 4.74 Å². The number of H-pyrrole nitrogens is 2. The van der Waals surface area contributed by atoms with Crippen molar-refractivity contribution < 1.29 is 9.53 Å². The molecule has 0 aliphatic carbocycles. The molecule has 2 N–H and O–H groups in total. The van der Waals surface area contributed by atoms with E-state index in [1.165, 1.54) is 18.1 Å². The molecule has 28 heavy (non-hydrogen) atoms. The van der Waals surface area contributed by atoms with Gasteiger partial charge in [-0.05, 0) is 12.1 Å². The highest BCUT2D eigenvalue weighted by Gasteiger charge is 2.23. The van der Waals surface area contributed by atoms with E-state index in [0.717, 1.165) is 24.5 Å². The van der Waals surface area contributed by atoms with E-state index in [-0.39, 0.29) is 17.2 Å². The number of ether oxygens (including phenoxy) is 1. The summed E-state index contributed by atoms with van der Waals surface area (Å²) in [5, 5.41) is 0.394. The number of carbonyl (C=O) groups excluding carboxylic acids is 1. The molecule has 0 atom stereocenters. The lowest BCUT2D eigenvalue weighted by atomic mass is 10.2. The Hall–Kier alpha value is -3.01. The number of para-hydroxylation sites is 2. The molecule has 0 unspecified atom stereocenters. The van der Waals surface area contributed by atoms with Crippen LogP contribution in [0.25, 0.3) is 11.2 Å². The summed E-state index contributed by atoms with van der Waals surface area (Å²) in [5.74, 6) is 1.07. The summed E-state index contributed by atoms with van der Waals surface area (Å²) in [6.45, 7) is 2.76. The third kappa shape index (κ3) is 3.68. The van der Waals surface area contributed by atoms with Crippen molar-refractivity contribution in [2.24, 2.45) is 0 Å². The van der Waals surface area contributed by atoms with E-state index < -0.39 is 0 Å². The van der Waals surface area contributed by atoms with Crippen molar-refractivity contribution in [3.63, 3.8) is 0 Å². The Morgan fingerprint density at radius 3 is 2.82 bits per heavy atom. The van der Waals surface area contributed by atoms with Crippen molar-refractivity contribution in [3.8, 4) is 5.75 Å². The molecule has 146 valence electrons. The SMILES string of the molecule is COc1ccccc1N1CCN(C(=O)CSc2nc3nc[nH]c3c(=O)[nH]2)CC1. The number of methoxy groups -OCH3 is 1. The molecular weight excluding hydrogens is 380 g/mol. The normalized spacial score (nSPS) is 14.5. The first-order chi connectivity index (χ1) is 13.7. The predicted octanol–water partition coefficient (Wildman–Crippen LogP) is 1.10. The maximum absolute atomic E-state index is 12.6. The minimum absolute atomic E-state index is 0.0226. The molecule has 1 fully saturated rings. The van der Waals surface area contributed by atoms with Gasteiger partial charge in [-0.15, -0.1) is 0 Å². The van der Waals surface area contributed by atoms with Crippen molar-refractivity contribution in [1.29, 1.82) is 0 Å². The second kappa shape index (κ2) is 7.93. The Kier molecular flexibility index (Phi) is 5.20. The first kappa shape index (κ1) is 18.4. The van der Waals surface area contributed by atoms with Crippen LogP contribution in [-0.4, -0.2) is 69.8 Å². The summed E-state index contributed by atoms with van der Waals surface area (Å²) in [4.78, 5) is 42.2. The number of piperazine rings is 1. The zero-order valence-corrected chi connectivity index (χ0v) is 16.2. The molecule has 0 saturated carbocycles. The number of aromatic nitrogens is 4. The van der Waals surface area contributed by atoms with Crippen molar-refractivity contribution in [2.45, 2.75) is 5.16 Å². The molecule has 0 bridgehead atoms. The van der Waals surface area contributed by atoms with Gasteiger partial charge in [0.15, 0.2) is 16.3 Å². The van der Waals surface area contributed by atoms with Crippen LogP contribution >= 0.6 is 11.8 Å². The van der Waals surface area contributed by atoms with Gasteiger partial charge < -0.3 is 19.5 Å². The van der Waals surface area contributed by atoms with Gasteiger partial charge in [-0.1, -0.05) is 23.9 Å². The molecule has 0 spiro atoms. The second-order valence-electron chi connectivity index (χ2n) is 6.30. The summed E-state index contributed by atoms with van der Waals surface area (Å²) in [7, 11) is 1.66. The highest BCUT2D eigenvalue weighted by molar-refractivity contribution is 7.99. The maximum atomic E-state index is 12.6. The number of hydrogen-bond acceptors (Lipinski definition) is 7. The van der Waals surface area contributed by atoms with Gasteiger partial charge in [0.2, 0.25) is 5.91 Å². The fraction of sp³-hybridized carbons (Fsp3) is 0.333. The van der Waals surface area contributed by atoms with Crippen molar-refractivity contribution >= 4 is 34.5 Å². The number of nitrogens with zero attached hydrogens (tertiary/aromatic N) is 4. The number of thioether (sulfide) groups is 1. The maximum Gasteiger partial charge on any atom is 0.277 e. The highest BCUT2D eigenvalue weighted by atomic mass is 32.2. The van der Waals surface area contributed by atoms with Gasteiger partial charge >= 0.3 is 0 Å². The Balaban J connectivity index is 1.34.